The van der Waals surface area contributed by atoms with Crippen molar-refractivity contribution in [1.82, 2.24) is 0 Å². The first-order chi connectivity index (χ1) is 14.4. The Morgan fingerprint density at radius 1 is 1.17 bits per heavy atom. The number of ether oxygens (including phenoxy) is 1. The first-order valence-corrected chi connectivity index (χ1v) is 11.5. The van der Waals surface area contributed by atoms with E-state index in [1.54, 1.807) is 37.4 Å². The van der Waals surface area contributed by atoms with Gasteiger partial charge in [-0.05, 0) is 42.5 Å². The highest BCUT2D eigenvalue weighted by Crippen LogP contribution is 2.45. The number of carbonyl (C=O) groups excluding carboxylic acids is 1. The van der Waals surface area contributed by atoms with Gasteiger partial charge in [-0.15, -0.1) is 4.40 Å². The van der Waals surface area contributed by atoms with Crippen molar-refractivity contribution in [2.45, 2.75) is 43.4 Å². The molecule has 0 spiro atoms. The summed E-state index contributed by atoms with van der Waals surface area (Å²) in [6.45, 7) is 0. The Labute approximate surface area is 176 Å². The van der Waals surface area contributed by atoms with Crippen LogP contribution in [-0.2, 0) is 14.8 Å². The van der Waals surface area contributed by atoms with Crippen molar-refractivity contribution in [3.63, 3.8) is 0 Å². The van der Waals surface area contributed by atoms with E-state index < -0.39 is 10.0 Å². The zero-order valence-corrected chi connectivity index (χ0v) is 17.7. The maximum absolute atomic E-state index is 12.8. The molecular formula is C22H25N3O4S. The van der Waals surface area contributed by atoms with Crippen molar-refractivity contribution >= 4 is 33.1 Å². The van der Waals surface area contributed by atoms with Crippen LogP contribution in [0.1, 0.15) is 38.5 Å². The number of benzene rings is 2. The molecule has 8 heteroatoms. The summed E-state index contributed by atoms with van der Waals surface area (Å²) in [5.74, 6) is 0.989. The van der Waals surface area contributed by atoms with Crippen LogP contribution < -0.4 is 15.4 Å². The number of carbonyl (C=O) groups is 1. The zero-order valence-electron chi connectivity index (χ0n) is 16.8. The molecule has 2 aliphatic rings. The molecule has 2 N–H and O–H groups in total. The van der Waals surface area contributed by atoms with Gasteiger partial charge in [0.15, 0.2) is 0 Å². The third kappa shape index (κ3) is 4.33. The van der Waals surface area contributed by atoms with Crippen molar-refractivity contribution < 1.29 is 17.9 Å². The Morgan fingerprint density at radius 2 is 1.93 bits per heavy atom. The minimum Gasteiger partial charge on any atom is -0.497 e. The predicted molar refractivity (Wildman–Crippen MR) is 116 cm³/mol. The van der Waals surface area contributed by atoms with Crippen LogP contribution in [0.3, 0.4) is 0 Å². The fourth-order valence-corrected chi connectivity index (χ4v) is 5.53. The lowest BCUT2D eigenvalue weighted by Gasteiger charge is -2.30. The maximum Gasteiger partial charge on any atom is 0.286 e. The van der Waals surface area contributed by atoms with Crippen molar-refractivity contribution in [1.29, 1.82) is 0 Å². The Kier molecular flexibility index (Phi) is 5.51. The van der Waals surface area contributed by atoms with Crippen LogP contribution in [0.15, 0.2) is 57.8 Å². The quantitative estimate of drug-likeness (QED) is 0.721. The minimum atomic E-state index is -3.73. The van der Waals surface area contributed by atoms with Crippen LogP contribution in [0, 0.1) is 5.41 Å². The lowest BCUT2D eigenvalue weighted by atomic mass is 9.78. The molecule has 30 heavy (non-hydrogen) atoms. The molecule has 1 amide bonds. The monoisotopic (exact) mass is 427 g/mol. The summed E-state index contributed by atoms with van der Waals surface area (Å²) >= 11 is 0. The van der Waals surface area contributed by atoms with Crippen LogP contribution in [0.25, 0.3) is 0 Å². The van der Waals surface area contributed by atoms with Crippen molar-refractivity contribution in [2.75, 3.05) is 17.7 Å². The molecule has 1 aliphatic heterocycles. The van der Waals surface area contributed by atoms with E-state index in [4.69, 9.17) is 4.74 Å². The second kappa shape index (κ2) is 8.10. The molecule has 0 bridgehead atoms. The molecule has 158 valence electrons. The van der Waals surface area contributed by atoms with E-state index in [0.29, 0.717) is 35.8 Å². The van der Waals surface area contributed by atoms with E-state index in [9.17, 15) is 13.2 Å². The zero-order chi connectivity index (χ0) is 21.2. The summed E-state index contributed by atoms with van der Waals surface area (Å²) in [5.41, 5.74) is 0.907. The highest BCUT2D eigenvalue weighted by molar-refractivity contribution is 7.90. The molecule has 0 aromatic heterocycles. The predicted octanol–water partition coefficient (Wildman–Crippen LogP) is 4.19. The van der Waals surface area contributed by atoms with E-state index >= 15 is 0 Å². The molecule has 0 unspecified atom stereocenters. The van der Waals surface area contributed by atoms with Gasteiger partial charge in [-0.3, -0.25) is 4.79 Å². The molecule has 1 saturated carbocycles. The van der Waals surface area contributed by atoms with Gasteiger partial charge in [-0.2, -0.15) is 8.42 Å². The Hall–Kier alpha value is -2.87. The third-order valence-electron chi connectivity index (χ3n) is 5.77. The first kappa shape index (κ1) is 20.4. The molecule has 0 radical (unpaired) electrons. The van der Waals surface area contributed by atoms with Crippen molar-refractivity contribution in [2.24, 2.45) is 9.81 Å². The molecule has 4 rings (SSSR count). The van der Waals surface area contributed by atoms with Gasteiger partial charge in [0.25, 0.3) is 10.0 Å². The van der Waals surface area contributed by atoms with E-state index in [2.05, 4.69) is 15.0 Å². The summed E-state index contributed by atoms with van der Waals surface area (Å²) in [5, 5.41) is 6.10. The number of rotatable bonds is 6. The van der Waals surface area contributed by atoms with Gasteiger partial charge in [0.2, 0.25) is 5.91 Å². The number of nitrogens with one attached hydrogen (secondary N) is 2. The van der Waals surface area contributed by atoms with Crippen molar-refractivity contribution in [3.8, 4) is 5.75 Å². The number of fused-ring (bicyclic) bond motifs is 1. The molecule has 2 aromatic carbocycles. The standard InChI is InChI=1S/C22H25N3O4S/c1-29-17-8-6-7-16(13-17)23-21(26)15-22(11-4-5-12-22)14-20-24-18-9-2-3-10-19(18)30(27,28)25-20/h2-3,6-10,13H,4-5,11-12,14-15H2,1H3,(H,23,26)(H,24,25). The Bertz CT molecular complexity index is 1090. The lowest BCUT2D eigenvalue weighted by molar-refractivity contribution is -0.118. The summed E-state index contributed by atoms with van der Waals surface area (Å²) in [6.07, 6.45) is 4.49. The lowest BCUT2D eigenvalue weighted by Crippen LogP contribution is -2.32. The number of amides is 1. The average Bonchev–Trinajstić information content (AvgIpc) is 3.15. The number of sulfonamides is 1. The molecule has 1 heterocycles. The topological polar surface area (TPSA) is 96.9 Å². The van der Waals surface area contributed by atoms with Gasteiger partial charge in [-0.1, -0.05) is 31.0 Å². The SMILES string of the molecule is COc1cccc(NC(=O)CC2(CC3=NS(=O)(=O)c4ccccc4N3)CCCC2)c1. The summed E-state index contributed by atoms with van der Waals surface area (Å²) < 4.78 is 34.3. The minimum absolute atomic E-state index is 0.0928. The number of hydrogen-bond acceptors (Lipinski definition) is 5. The van der Waals surface area contributed by atoms with Crippen LogP contribution in [0.5, 0.6) is 5.75 Å². The molecular weight excluding hydrogens is 402 g/mol. The second-order valence-electron chi connectivity index (χ2n) is 7.97. The molecule has 2 aromatic rings. The van der Waals surface area contributed by atoms with E-state index in [-0.39, 0.29) is 16.2 Å². The maximum atomic E-state index is 12.8. The van der Waals surface area contributed by atoms with Gasteiger partial charge in [0.1, 0.15) is 16.5 Å². The summed E-state index contributed by atoms with van der Waals surface area (Å²) in [4.78, 5) is 13.0. The van der Waals surface area contributed by atoms with Crippen LogP contribution in [0.2, 0.25) is 0 Å². The molecule has 1 fully saturated rings. The molecule has 1 aliphatic carbocycles. The van der Waals surface area contributed by atoms with E-state index in [0.717, 1.165) is 25.7 Å². The fourth-order valence-electron chi connectivity index (χ4n) is 4.39. The van der Waals surface area contributed by atoms with Gasteiger partial charge >= 0.3 is 0 Å². The van der Waals surface area contributed by atoms with Gasteiger partial charge < -0.3 is 15.4 Å². The Morgan fingerprint density at radius 3 is 2.70 bits per heavy atom. The number of para-hydroxylation sites is 1. The summed E-state index contributed by atoms with van der Waals surface area (Å²) in [6, 6.07) is 14.0. The largest absolute Gasteiger partial charge is 0.497 e. The highest BCUT2D eigenvalue weighted by Gasteiger charge is 2.39. The number of hydrogen-bond donors (Lipinski definition) is 2. The first-order valence-electron chi connectivity index (χ1n) is 10.0. The van der Waals surface area contributed by atoms with Crippen molar-refractivity contribution in [3.05, 3.63) is 48.5 Å². The summed E-state index contributed by atoms with van der Waals surface area (Å²) in [7, 11) is -2.15. The molecule has 0 saturated heterocycles. The van der Waals surface area contributed by atoms with Crippen LogP contribution in [0.4, 0.5) is 11.4 Å². The van der Waals surface area contributed by atoms with Crippen LogP contribution >= 0.6 is 0 Å². The van der Waals surface area contributed by atoms with E-state index in [1.807, 2.05) is 18.2 Å². The Balaban J connectivity index is 1.51. The smallest absolute Gasteiger partial charge is 0.286 e. The fraction of sp³-hybridized carbons (Fsp3) is 0.364. The number of amidine groups is 1. The number of methoxy groups -OCH3 is 1. The van der Waals surface area contributed by atoms with E-state index in [1.165, 1.54) is 0 Å². The van der Waals surface area contributed by atoms with Crippen LogP contribution in [-0.4, -0.2) is 27.3 Å². The average molecular weight is 428 g/mol. The van der Waals surface area contributed by atoms with Gasteiger partial charge in [-0.25, -0.2) is 0 Å². The number of nitrogens with zero attached hydrogens (tertiary/aromatic N) is 1. The molecule has 0 atom stereocenters. The highest BCUT2D eigenvalue weighted by atomic mass is 32.2. The molecule has 7 nitrogen and oxygen atoms in total. The second-order valence-corrected chi connectivity index (χ2v) is 9.55. The number of anilines is 2. The van der Waals surface area contributed by atoms with Gasteiger partial charge in [0, 0.05) is 24.6 Å². The van der Waals surface area contributed by atoms with Gasteiger partial charge in [0.05, 0.1) is 12.8 Å². The normalized spacial score (nSPS) is 18.6. The third-order valence-corrected chi connectivity index (χ3v) is 7.14.